The number of nitrogens with zero attached hydrogens (tertiary/aromatic N) is 2. The molecular formula is C22H27ClFIN4O. The minimum absolute atomic E-state index is 0. The van der Waals surface area contributed by atoms with Crippen molar-refractivity contribution in [2.45, 2.75) is 24.8 Å². The van der Waals surface area contributed by atoms with E-state index in [0.717, 1.165) is 24.0 Å². The summed E-state index contributed by atoms with van der Waals surface area (Å²) in [5.41, 5.74) is 1.89. The van der Waals surface area contributed by atoms with Crippen LogP contribution in [0.1, 0.15) is 24.0 Å². The van der Waals surface area contributed by atoms with Crippen LogP contribution < -0.4 is 10.6 Å². The van der Waals surface area contributed by atoms with Gasteiger partial charge in [0.15, 0.2) is 5.96 Å². The minimum atomic E-state index is -0.337. The van der Waals surface area contributed by atoms with Gasteiger partial charge in [0.05, 0.1) is 13.1 Å². The minimum Gasteiger partial charge on any atom is -0.355 e. The maximum atomic E-state index is 13.4. The van der Waals surface area contributed by atoms with E-state index in [2.05, 4.69) is 15.6 Å². The number of hydrogen-bond acceptors (Lipinski definition) is 2. The van der Waals surface area contributed by atoms with Crippen molar-refractivity contribution in [3.8, 4) is 0 Å². The normalized spacial score (nSPS) is 14.5. The van der Waals surface area contributed by atoms with Crippen molar-refractivity contribution in [1.82, 2.24) is 15.5 Å². The summed E-state index contributed by atoms with van der Waals surface area (Å²) in [6.45, 7) is 1.25. The molecule has 1 fully saturated rings. The molecule has 0 aliphatic heterocycles. The van der Waals surface area contributed by atoms with Crippen molar-refractivity contribution < 1.29 is 9.18 Å². The molecule has 8 heteroatoms. The first-order chi connectivity index (χ1) is 13.9. The molecule has 5 nitrogen and oxygen atoms in total. The molecule has 1 aliphatic rings. The predicted molar refractivity (Wildman–Crippen MR) is 130 cm³/mol. The van der Waals surface area contributed by atoms with Crippen LogP contribution in [0.5, 0.6) is 0 Å². The molecule has 0 atom stereocenters. The highest BCUT2D eigenvalue weighted by Gasteiger charge is 2.45. The lowest BCUT2D eigenvalue weighted by molar-refractivity contribution is -0.127. The Labute approximate surface area is 199 Å². The van der Waals surface area contributed by atoms with E-state index in [1.807, 2.05) is 30.3 Å². The van der Waals surface area contributed by atoms with Crippen LogP contribution in [-0.2, 0) is 16.8 Å². The number of carbonyl (C=O) groups is 1. The Morgan fingerprint density at radius 2 is 1.87 bits per heavy atom. The zero-order valence-electron chi connectivity index (χ0n) is 17.1. The van der Waals surface area contributed by atoms with Crippen molar-refractivity contribution >= 4 is 47.4 Å². The lowest BCUT2D eigenvalue weighted by atomic mass is 9.96. The number of hydrogen-bond donors (Lipinski definition) is 2. The average Bonchev–Trinajstić information content (AvgIpc) is 3.48. The Kier molecular flexibility index (Phi) is 8.91. The lowest BCUT2D eigenvalue weighted by Crippen LogP contribution is -2.45. The SMILES string of the molecule is CN(C)C(=O)CNC(=NCc1ccccc1)NCC1(c2ccc(F)cc2Cl)CC1.I. The van der Waals surface area contributed by atoms with Gasteiger partial charge >= 0.3 is 0 Å². The van der Waals surface area contributed by atoms with Gasteiger partial charge in [-0.1, -0.05) is 48.0 Å². The van der Waals surface area contributed by atoms with Crippen molar-refractivity contribution in [2.24, 2.45) is 4.99 Å². The number of carbonyl (C=O) groups excluding carboxylic acids is 1. The van der Waals surface area contributed by atoms with Crippen LogP contribution >= 0.6 is 35.6 Å². The summed E-state index contributed by atoms with van der Waals surface area (Å²) in [4.78, 5) is 18.1. The highest BCUT2D eigenvalue weighted by molar-refractivity contribution is 14.0. The van der Waals surface area contributed by atoms with Crippen LogP contribution in [0.3, 0.4) is 0 Å². The zero-order valence-corrected chi connectivity index (χ0v) is 20.2. The molecule has 0 spiro atoms. The van der Waals surface area contributed by atoms with Gasteiger partial charge in [-0.15, -0.1) is 24.0 Å². The van der Waals surface area contributed by atoms with Gasteiger partial charge in [0, 0.05) is 31.1 Å². The monoisotopic (exact) mass is 544 g/mol. The number of nitrogens with one attached hydrogen (secondary N) is 2. The molecule has 0 saturated heterocycles. The van der Waals surface area contributed by atoms with Crippen molar-refractivity contribution in [2.75, 3.05) is 27.2 Å². The van der Waals surface area contributed by atoms with Crippen molar-refractivity contribution in [3.05, 3.63) is 70.5 Å². The fraction of sp³-hybridized carbons (Fsp3) is 0.364. The molecular weight excluding hydrogens is 518 g/mol. The highest BCUT2D eigenvalue weighted by Crippen LogP contribution is 2.50. The summed E-state index contributed by atoms with van der Waals surface area (Å²) >= 11 is 6.28. The smallest absolute Gasteiger partial charge is 0.241 e. The maximum absolute atomic E-state index is 13.4. The second-order valence-corrected chi connectivity index (χ2v) is 7.96. The van der Waals surface area contributed by atoms with Crippen LogP contribution in [0, 0.1) is 5.82 Å². The second kappa shape index (κ2) is 10.9. The van der Waals surface area contributed by atoms with Crippen molar-refractivity contribution in [1.29, 1.82) is 0 Å². The molecule has 1 saturated carbocycles. The second-order valence-electron chi connectivity index (χ2n) is 7.55. The Balaban J connectivity index is 0.00000320. The summed E-state index contributed by atoms with van der Waals surface area (Å²) in [7, 11) is 3.43. The molecule has 2 aromatic carbocycles. The van der Waals surface area contributed by atoms with E-state index >= 15 is 0 Å². The standard InChI is InChI=1S/C22H26ClFN4O.HI/c1-28(2)20(29)14-26-21(25-13-16-6-4-3-5-7-16)27-15-22(10-11-22)18-9-8-17(24)12-19(18)23;/h3-9,12H,10-11,13-15H2,1-2H3,(H2,25,26,27);1H. The molecule has 0 radical (unpaired) electrons. The number of rotatable bonds is 7. The van der Waals surface area contributed by atoms with Crippen LogP contribution in [-0.4, -0.2) is 44.0 Å². The third kappa shape index (κ3) is 6.57. The first-order valence-electron chi connectivity index (χ1n) is 9.61. The number of aliphatic imine (C=N–C) groups is 1. The van der Waals surface area contributed by atoms with E-state index in [9.17, 15) is 9.18 Å². The third-order valence-corrected chi connectivity index (χ3v) is 5.43. The molecule has 2 N–H and O–H groups in total. The number of benzene rings is 2. The number of halogens is 3. The summed E-state index contributed by atoms with van der Waals surface area (Å²) in [5, 5.41) is 6.89. The summed E-state index contributed by atoms with van der Waals surface area (Å²) < 4.78 is 13.4. The van der Waals surface area contributed by atoms with Gasteiger partial charge < -0.3 is 15.5 Å². The van der Waals surface area contributed by atoms with Crippen LogP contribution in [0.2, 0.25) is 5.02 Å². The molecule has 2 aromatic rings. The number of guanidine groups is 1. The largest absolute Gasteiger partial charge is 0.355 e. The van der Waals surface area contributed by atoms with Crippen LogP contribution in [0.4, 0.5) is 4.39 Å². The molecule has 3 rings (SSSR count). The van der Waals surface area contributed by atoms with E-state index in [1.165, 1.54) is 17.0 Å². The third-order valence-electron chi connectivity index (χ3n) is 5.12. The van der Waals surface area contributed by atoms with E-state index in [4.69, 9.17) is 11.6 Å². The van der Waals surface area contributed by atoms with Crippen LogP contribution in [0.15, 0.2) is 53.5 Å². The first kappa shape index (κ1) is 24.4. The number of amides is 1. The van der Waals surface area contributed by atoms with Gasteiger partial charge in [0.25, 0.3) is 0 Å². The Hall–Kier alpha value is -1.87. The van der Waals surface area contributed by atoms with Crippen LogP contribution in [0.25, 0.3) is 0 Å². The molecule has 0 aromatic heterocycles. The average molecular weight is 545 g/mol. The fourth-order valence-electron chi connectivity index (χ4n) is 3.11. The van der Waals surface area contributed by atoms with Gasteiger partial charge in [-0.25, -0.2) is 9.38 Å². The Bertz CT molecular complexity index is 888. The Morgan fingerprint density at radius 1 is 1.17 bits per heavy atom. The van der Waals surface area contributed by atoms with Gasteiger partial charge in [-0.3, -0.25) is 4.79 Å². The Morgan fingerprint density at radius 3 is 2.47 bits per heavy atom. The van der Waals surface area contributed by atoms with Gasteiger partial charge in [0.2, 0.25) is 5.91 Å². The van der Waals surface area contributed by atoms with Gasteiger partial charge in [-0.2, -0.15) is 0 Å². The summed E-state index contributed by atoms with van der Waals surface area (Å²) in [6, 6.07) is 14.5. The molecule has 0 heterocycles. The van der Waals surface area contributed by atoms with Gasteiger partial charge in [-0.05, 0) is 36.1 Å². The molecule has 0 unspecified atom stereocenters. The van der Waals surface area contributed by atoms with E-state index in [1.54, 1.807) is 20.2 Å². The first-order valence-corrected chi connectivity index (χ1v) is 9.99. The zero-order chi connectivity index (χ0) is 20.9. The fourth-order valence-corrected chi connectivity index (χ4v) is 3.48. The van der Waals surface area contributed by atoms with Gasteiger partial charge in [0.1, 0.15) is 5.82 Å². The van der Waals surface area contributed by atoms with E-state index < -0.39 is 0 Å². The maximum Gasteiger partial charge on any atom is 0.241 e. The molecule has 0 bridgehead atoms. The summed E-state index contributed by atoms with van der Waals surface area (Å²) in [6.07, 6.45) is 1.93. The highest BCUT2D eigenvalue weighted by atomic mass is 127. The quantitative estimate of drug-likeness (QED) is 0.315. The van der Waals surface area contributed by atoms with E-state index in [0.29, 0.717) is 24.1 Å². The summed E-state index contributed by atoms with van der Waals surface area (Å²) in [5.74, 6) is 0.187. The topological polar surface area (TPSA) is 56.7 Å². The predicted octanol–water partition coefficient (Wildman–Crippen LogP) is 3.95. The lowest BCUT2D eigenvalue weighted by Gasteiger charge is -2.21. The molecule has 1 amide bonds. The van der Waals surface area contributed by atoms with Crippen molar-refractivity contribution in [3.63, 3.8) is 0 Å². The number of likely N-dealkylation sites (N-methyl/N-ethyl adjacent to an activating group) is 1. The molecule has 1 aliphatic carbocycles. The van der Waals surface area contributed by atoms with E-state index in [-0.39, 0.29) is 47.7 Å². The molecule has 30 heavy (non-hydrogen) atoms. The molecule has 162 valence electrons.